The van der Waals surface area contributed by atoms with E-state index in [1.807, 2.05) is 35.9 Å². The van der Waals surface area contributed by atoms with Gasteiger partial charge in [-0.2, -0.15) is 0 Å². The summed E-state index contributed by atoms with van der Waals surface area (Å²) in [5, 5.41) is 3.22. The quantitative estimate of drug-likeness (QED) is 0.655. The van der Waals surface area contributed by atoms with Crippen LogP contribution in [-0.4, -0.2) is 36.2 Å². The van der Waals surface area contributed by atoms with E-state index < -0.39 is 9.84 Å². The zero-order valence-corrected chi connectivity index (χ0v) is 16.4. The van der Waals surface area contributed by atoms with Crippen molar-refractivity contribution in [3.05, 3.63) is 59.4 Å². The van der Waals surface area contributed by atoms with Crippen LogP contribution in [0.25, 0.3) is 11.0 Å². The van der Waals surface area contributed by atoms with Crippen molar-refractivity contribution in [2.45, 2.75) is 17.7 Å². The number of imidazole rings is 1. The molecular weight excluding hydrogens is 386 g/mol. The highest BCUT2D eigenvalue weighted by Crippen LogP contribution is 2.16. The molecule has 6 nitrogen and oxygen atoms in total. The smallest absolute Gasteiger partial charge is 0.221 e. The summed E-state index contributed by atoms with van der Waals surface area (Å²) in [6.07, 6.45) is 0.481. The summed E-state index contributed by atoms with van der Waals surface area (Å²) < 4.78 is 26.5. The van der Waals surface area contributed by atoms with Crippen LogP contribution in [0, 0.1) is 0 Å². The van der Waals surface area contributed by atoms with Crippen LogP contribution in [0.1, 0.15) is 12.2 Å². The Labute approximate surface area is 163 Å². The van der Waals surface area contributed by atoms with Gasteiger partial charge >= 0.3 is 0 Å². The number of fused-ring (bicyclic) bond motifs is 1. The molecule has 0 saturated carbocycles. The lowest BCUT2D eigenvalue weighted by Gasteiger charge is -2.07. The van der Waals surface area contributed by atoms with E-state index in [1.54, 1.807) is 0 Å². The molecule has 0 spiro atoms. The van der Waals surface area contributed by atoms with E-state index in [9.17, 15) is 13.2 Å². The molecule has 0 radical (unpaired) electrons. The van der Waals surface area contributed by atoms with Crippen molar-refractivity contribution < 1.29 is 13.2 Å². The first-order valence-electron chi connectivity index (χ1n) is 8.52. The zero-order valence-electron chi connectivity index (χ0n) is 14.9. The fourth-order valence-electron chi connectivity index (χ4n) is 2.81. The summed E-state index contributed by atoms with van der Waals surface area (Å²) >= 11 is 5.77. The summed E-state index contributed by atoms with van der Waals surface area (Å²) in [6.45, 7) is 0.400. The zero-order chi connectivity index (χ0) is 19.4. The number of aryl methyl sites for hydroxylation is 1. The molecule has 2 aromatic carbocycles. The van der Waals surface area contributed by atoms with Crippen LogP contribution in [0.2, 0.25) is 5.02 Å². The minimum absolute atomic E-state index is 0.0898. The van der Waals surface area contributed by atoms with Gasteiger partial charge in [-0.05, 0) is 36.4 Å². The van der Waals surface area contributed by atoms with Crippen molar-refractivity contribution in [1.29, 1.82) is 0 Å². The third kappa shape index (κ3) is 4.67. The second-order valence-corrected chi connectivity index (χ2v) is 8.74. The Morgan fingerprint density at radius 1 is 1.15 bits per heavy atom. The van der Waals surface area contributed by atoms with Gasteiger partial charge in [0.15, 0.2) is 9.84 Å². The molecule has 1 N–H and O–H groups in total. The first kappa shape index (κ1) is 19.4. The number of rotatable bonds is 7. The maximum Gasteiger partial charge on any atom is 0.221 e. The summed E-state index contributed by atoms with van der Waals surface area (Å²) in [4.78, 5) is 16.7. The number of nitrogens with one attached hydrogen (secondary N) is 1. The van der Waals surface area contributed by atoms with Crippen LogP contribution < -0.4 is 5.32 Å². The maximum atomic E-state index is 12.3. The standard InChI is InChI=1S/C19H20ClN3O3S/c1-23-17-5-3-2-4-16(17)22-18(23)10-12-21-19(24)11-13-27(25,26)15-8-6-14(20)7-9-15/h2-9H,10-13H2,1H3,(H,21,24). The molecule has 0 bridgehead atoms. The number of halogens is 1. The molecule has 1 aromatic heterocycles. The van der Waals surface area contributed by atoms with Gasteiger partial charge in [-0.1, -0.05) is 23.7 Å². The van der Waals surface area contributed by atoms with Crippen LogP contribution in [0.5, 0.6) is 0 Å². The minimum atomic E-state index is -3.51. The van der Waals surface area contributed by atoms with Crippen LogP contribution in [0.3, 0.4) is 0 Å². The first-order valence-corrected chi connectivity index (χ1v) is 10.6. The van der Waals surface area contributed by atoms with Crippen molar-refractivity contribution in [1.82, 2.24) is 14.9 Å². The topological polar surface area (TPSA) is 81.1 Å². The SMILES string of the molecule is Cn1c(CCNC(=O)CCS(=O)(=O)c2ccc(Cl)cc2)nc2ccccc21. The number of hydrogen-bond acceptors (Lipinski definition) is 4. The number of hydrogen-bond donors (Lipinski definition) is 1. The predicted octanol–water partition coefficient (Wildman–Crippen LogP) is 2.75. The number of aromatic nitrogens is 2. The van der Waals surface area contributed by atoms with E-state index in [2.05, 4.69) is 10.3 Å². The molecule has 27 heavy (non-hydrogen) atoms. The maximum absolute atomic E-state index is 12.3. The molecule has 0 saturated heterocycles. The van der Waals surface area contributed by atoms with Crippen molar-refractivity contribution in [2.24, 2.45) is 7.05 Å². The average Bonchev–Trinajstić information content (AvgIpc) is 2.97. The van der Waals surface area contributed by atoms with Gasteiger partial charge in [0.1, 0.15) is 5.82 Å². The number of nitrogens with zero attached hydrogens (tertiary/aromatic N) is 2. The molecule has 0 atom stereocenters. The largest absolute Gasteiger partial charge is 0.356 e. The highest BCUT2D eigenvalue weighted by Gasteiger charge is 2.16. The summed E-state index contributed by atoms with van der Waals surface area (Å²) in [5.41, 5.74) is 1.95. The fraction of sp³-hybridized carbons (Fsp3) is 0.263. The summed E-state index contributed by atoms with van der Waals surface area (Å²) in [5.74, 6) is 0.323. The van der Waals surface area contributed by atoms with Crippen LogP contribution in [0.4, 0.5) is 0 Å². The molecule has 0 unspecified atom stereocenters. The summed E-state index contributed by atoms with van der Waals surface area (Å²) in [7, 11) is -1.57. The highest BCUT2D eigenvalue weighted by molar-refractivity contribution is 7.91. The van der Waals surface area contributed by atoms with Crippen molar-refractivity contribution in [2.75, 3.05) is 12.3 Å². The van der Waals surface area contributed by atoms with Gasteiger partial charge in [-0.25, -0.2) is 13.4 Å². The lowest BCUT2D eigenvalue weighted by molar-refractivity contribution is -0.120. The van der Waals surface area contributed by atoms with E-state index in [4.69, 9.17) is 11.6 Å². The van der Waals surface area contributed by atoms with Gasteiger partial charge in [0.25, 0.3) is 0 Å². The second-order valence-electron chi connectivity index (χ2n) is 6.20. The minimum Gasteiger partial charge on any atom is -0.356 e. The van der Waals surface area contributed by atoms with Crippen LogP contribution >= 0.6 is 11.6 Å². The lowest BCUT2D eigenvalue weighted by atomic mass is 10.3. The van der Waals surface area contributed by atoms with Crippen molar-refractivity contribution in [3.8, 4) is 0 Å². The van der Waals surface area contributed by atoms with Gasteiger partial charge in [-0.15, -0.1) is 0 Å². The van der Waals surface area contributed by atoms with Crippen molar-refractivity contribution in [3.63, 3.8) is 0 Å². The molecule has 8 heteroatoms. The number of sulfone groups is 1. The summed E-state index contributed by atoms with van der Waals surface area (Å²) in [6, 6.07) is 13.8. The van der Waals surface area contributed by atoms with Gasteiger partial charge in [0.2, 0.25) is 5.91 Å². The Morgan fingerprint density at radius 3 is 2.56 bits per heavy atom. The van der Waals surface area contributed by atoms with E-state index in [-0.39, 0.29) is 23.0 Å². The molecule has 0 aliphatic rings. The third-order valence-electron chi connectivity index (χ3n) is 4.32. The van der Waals surface area contributed by atoms with E-state index in [0.29, 0.717) is 18.0 Å². The van der Waals surface area contributed by atoms with Gasteiger partial charge in [0, 0.05) is 31.5 Å². The highest BCUT2D eigenvalue weighted by atomic mass is 35.5. The number of carbonyl (C=O) groups excluding carboxylic acids is 1. The van der Waals surface area contributed by atoms with Crippen LogP contribution in [-0.2, 0) is 28.1 Å². The van der Waals surface area contributed by atoms with E-state index >= 15 is 0 Å². The molecular formula is C19H20ClN3O3S. The molecule has 0 aliphatic carbocycles. The molecule has 0 aliphatic heterocycles. The van der Waals surface area contributed by atoms with Gasteiger partial charge < -0.3 is 9.88 Å². The molecule has 0 fully saturated rings. The molecule has 1 heterocycles. The number of amides is 1. The Hall–Kier alpha value is -2.38. The Morgan fingerprint density at radius 2 is 1.85 bits per heavy atom. The Bertz CT molecular complexity index is 1060. The van der Waals surface area contributed by atoms with E-state index in [0.717, 1.165) is 16.9 Å². The monoisotopic (exact) mass is 405 g/mol. The second kappa shape index (κ2) is 8.10. The van der Waals surface area contributed by atoms with E-state index in [1.165, 1.54) is 24.3 Å². The van der Waals surface area contributed by atoms with Gasteiger partial charge in [-0.3, -0.25) is 4.79 Å². The molecule has 3 aromatic rings. The molecule has 142 valence electrons. The van der Waals surface area contributed by atoms with Crippen molar-refractivity contribution >= 4 is 38.4 Å². The average molecular weight is 406 g/mol. The lowest BCUT2D eigenvalue weighted by Crippen LogP contribution is -2.28. The van der Waals surface area contributed by atoms with Gasteiger partial charge in [0.05, 0.1) is 21.7 Å². The number of para-hydroxylation sites is 2. The Kier molecular flexibility index (Phi) is 5.82. The molecule has 1 amide bonds. The Balaban J connectivity index is 1.51. The normalized spacial score (nSPS) is 11.6. The number of benzene rings is 2. The fourth-order valence-corrected chi connectivity index (χ4v) is 4.17. The first-order chi connectivity index (χ1) is 12.9. The third-order valence-corrected chi connectivity index (χ3v) is 6.31. The molecule has 3 rings (SSSR count). The predicted molar refractivity (Wildman–Crippen MR) is 106 cm³/mol. The number of carbonyl (C=O) groups is 1. The van der Waals surface area contributed by atoms with Crippen LogP contribution in [0.15, 0.2) is 53.4 Å².